The third-order valence-electron chi connectivity index (χ3n) is 3.68. The zero-order valence-corrected chi connectivity index (χ0v) is 15.2. The number of nitrogens with one attached hydrogen (secondary N) is 2. The van der Waals surface area contributed by atoms with E-state index in [9.17, 15) is 18.0 Å². The zero-order valence-electron chi connectivity index (χ0n) is 14.4. The first-order valence-electron chi connectivity index (χ1n) is 8.14. The molecule has 0 radical (unpaired) electrons. The second kappa shape index (κ2) is 8.56. The van der Waals surface area contributed by atoms with Gasteiger partial charge in [-0.05, 0) is 36.2 Å². The Morgan fingerprint density at radius 2 is 1.77 bits per heavy atom. The maximum Gasteiger partial charge on any atom is 0.416 e. The predicted octanol–water partition coefficient (Wildman–Crippen LogP) is 5.28. The highest BCUT2D eigenvalue weighted by Gasteiger charge is 2.31. The van der Waals surface area contributed by atoms with Crippen LogP contribution in [0.4, 0.5) is 18.9 Å². The van der Waals surface area contributed by atoms with Crippen LogP contribution in [0.2, 0.25) is 5.02 Å². The topological polar surface area (TPSA) is 41.1 Å². The van der Waals surface area contributed by atoms with Crippen LogP contribution in [0.15, 0.2) is 48.5 Å². The van der Waals surface area contributed by atoms with Gasteiger partial charge in [0.05, 0.1) is 16.3 Å². The minimum absolute atomic E-state index is 0.0435. The second-order valence-electron chi connectivity index (χ2n) is 6.33. The number of hydrogen-bond donors (Lipinski definition) is 2. The molecule has 2 aromatic carbocycles. The lowest BCUT2D eigenvalue weighted by molar-refractivity contribution is -0.137. The molecule has 3 nitrogen and oxygen atoms in total. The Hall–Kier alpha value is -2.05. The van der Waals surface area contributed by atoms with Crippen LogP contribution in [0.3, 0.4) is 0 Å². The van der Waals surface area contributed by atoms with E-state index in [1.54, 1.807) is 24.3 Å². The van der Waals surface area contributed by atoms with E-state index in [-0.39, 0.29) is 10.7 Å². The van der Waals surface area contributed by atoms with Gasteiger partial charge in [-0.25, -0.2) is 0 Å². The van der Waals surface area contributed by atoms with Crippen LogP contribution in [-0.2, 0) is 11.0 Å². The van der Waals surface area contributed by atoms with Gasteiger partial charge in [-0.2, -0.15) is 13.2 Å². The molecule has 1 amide bonds. The molecule has 0 unspecified atom stereocenters. The number of rotatable bonds is 6. The van der Waals surface area contributed by atoms with Crippen LogP contribution in [0.1, 0.15) is 31.0 Å². The molecule has 2 N–H and O–H groups in total. The molecule has 0 aromatic heterocycles. The summed E-state index contributed by atoms with van der Waals surface area (Å²) in [6.45, 7) is 4.57. The van der Waals surface area contributed by atoms with Crippen molar-refractivity contribution in [2.45, 2.75) is 26.1 Å². The third-order valence-corrected chi connectivity index (χ3v) is 4.01. The van der Waals surface area contributed by atoms with Crippen molar-refractivity contribution in [3.63, 3.8) is 0 Å². The molecule has 7 heteroatoms. The summed E-state index contributed by atoms with van der Waals surface area (Å²) in [6.07, 6.45) is -4.52. The molecule has 2 aromatic rings. The highest BCUT2D eigenvalue weighted by Crippen LogP contribution is 2.34. The van der Waals surface area contributed by atoms with E-state index in [4.69, 9.17) is 11.6 Å². The van der Waals surface area contributed by atoms with Gasteiger partial charge in [0.25, 0.3) is 0 Å². The van der Waals surface area contributed by atoms with Gasteiger partial charge in [-0.3, -0.25) is 4.79 Å². The van der Waals surface area contributed by atoms with Crippen molar-refractivity contribution in [3.8, 4) is 0 Å². The minimum Gasteiger partial charge on any atom is -0.323 e. The summed E-state index contributed by atoms with van der Waals surface area (Å²) in [7, 11) is 0. The highest BCUT2D eigenvalue weighted by atomic mass is 35.5. The Labute approximate surface area is 155 Å². The van der Waals surface area contributed by atoms with Gasteiger partial charge in [0.1, 0.15) is 6.04 Å². The largest absolute Gasteiger partial charge is 0.416 e. The van der Waals surface area contributed by atoms with Crippen LogP contribution >= 0.6 is 11.6 Å². The van der Waals surface area contributed by atoms with Crippen molar-refractivity contribution in [2.24, 2.45) is 5.92 Å². The van der Waals surface area contributed by atoms with Gasteiger partial charge in [0.2, 0.25) is 5.91 Å². The summed E-state index contributed by atoms with van der Waals surface area (Å²) < 4.78 is 38.7. The van der Waals surface area contributed by atoms with E-state index in [2.05, 4.69) is 10.6 Å². The van der Waals surface area contributed by atoms with Crippen molar-refractivity contribution >= 4 is 23.2 Å². The molecular formula is C19H20ClF3N2O. The average molecular weight is 385 g/mol. The third kappa shape index (κ3) is 5.47. The number of alkyl halides is 3. The van der Waals surface area contributed by atoms with Crippen molar-refractivity contribution in [1.82, 2.24) is 5.32 Å². The Morgan fingerprint density at radius 1 is 1.12 bits per heavy atom. The number of carbonyl (C=O) groups excluding carboxylic acids is 1. The minimum atomic E-state index is -4.52. The fraction of sp³-hybridized carbons (Fsp3) is 0.316. The molecule has 0 aliphatic rings. The molecule has 0 fully saturated rings. The number of halogens is 4. The zero-order chi connectivity index (χ0) is 19.3. The molecule has 1 atom stereocenters. The van der Waals surface area contributed by atoms with Crippen LogP contribution in [-0.4, -0.2) is 12.5 Å². The van der Waals surface area contributed by atoms with E-state index in [0.29, 0.717) is 18.0 Å². The molecule has 0 aliphatic heterocycles. The molecule has 0 saturated carbocycles. The normalized spacial score (nSPS) is 12.9. The molecule has 26 heavy (non-hydrogen) atoms. The summed E-state index contributed by atoms with van der Waals surface area (Å²) in [4.78, 5) is 12.7. The molecule has 0 spiro atoms. The summed E-state index contributed by atoms with van der Waals surface area (Å²) >= 11 is 5.97. The molecule has 140 valence electrons. The van der Waals surface area contributed by atoms with E-state index in [1.807, 2.05) is 19.9 Å². The van der Waals surface area contributed by atoms with Gasteiger partial charge in [0, 0.05) is 0 Å². The van der Waals surface area contributed by atoms with Crippen LogP contribution < -0.4 is 10.6 Å². The van der Waals surface area contributed by atoms with Crippen molar-refractivity contribution in [3.05, 3.63) is 64.7 Å². The van der Waals surface area contributed by atoms with Crippen molar-refractivity contribution in [1.29, 1.82) is 0 Å². The van der Waals surface area contributed by atoms with Crippen molar-refractivity contribution < 1.29 is 18.0 Å². The maximum absolute atomic E-state index is 12.9. The van der Waals surface area contributed by atoms with E-state index in [0.717, 1.165) is 18.2 Å². The Bertz CT molecular complexity index is 748. The molecule has 2 rings (SSSR count). The lowest BCUT2D eigenvalue weighted by atomic mass is 10.0. The monoisotopic (exact) mass is 384 g/mol. The van der Waals surface area contributed by atoms with Crippen LogP contribution in [0.25, 0.3) is 0 Å². The smallest absolute Gasteiger partial charge is 0.323 e. The summed E-state index contributed by atoms with van der Waals surface area (Å²) in [5.41, 5.74) is -0.226. The number of benzene rings is 2. The number of anilines is 1. The predicted molar refractivity (Wildman–Crippen MR) is 97.1 cm³/mol. The molecular weight excluding hydrogens is 365 g/mol. The SMILES string of the molecule is CC(C)CN[C@H](C(=O)Nc1cc(C(F)(F)F)ccc1Cl)c1ccccc1. The fourth-order valence-corrected chi connectivity index (χ4v) is 2.53. The fourth-order valence-electron chi connectivity index (χ4n) is 2.36. The van der Waals surface area contributed by atoms with E-state index in [1.165, 1.54) is 0 Å². The van der Waals surface area contributed by atoms with E-state index < -0.39 is 23.7 Å². The standard InChI is InChI=1S/C19H20ClF3N2O/c1-12(2)11-24-17(13-6-4-3-5-7-13)18(26)25-16-10-14(19(21,22)23)8-9-15(16)20/h3-10,12,17,24H,11H2,1-2H3,(H,25,26)/t17-/m0/s1. The molecule has 0 heterocycles. The maximum atomic E-state index is 12.9. The number of hydrogen-bond acceptors (Lipinski definition) is 2. The number of amides is 1. The lowest BCUT2D eigenvalue weighted by Crippen LogP contribution is -2.35. The van der Waals surface area contributed by atoms with Gasteiger partial charge < -0.3 is 10.6 Å². The van der Waals surface area contributed by atoms with Crippen LogP contribution in [0, 0.1) is 5.92 Å². The Morgan fingerprint density at radius 3 is 2.35 bits per heavy atom. The van der Waals surface area contributed by atoms with Gasteiger partial charge in [-0.1, -0.05) is 55.8 Å². The summed E-state index contributed by atoms with van der Waals surface area (Å²) in [6, 6.07) is 11.1. The van der Waals surface area contributed by atoms with Crippen LogP contribution in [0.5, 0.6) is 0 Å². The van der Waals surface area contributed by atoms with Gasteiger partial charge >= 0.3 is 6.18 Å². The molecule has 0 aliphatic carbocycles. The quantitative estimate of drug-likeness (QED) is 0.711. The molecule has 0 bridgehead atoms. The summed E-state index contributed by atoms with van der Waals surface area (Å²) in [5, 5.41) is 5.70. The average Bonchev–Trinajstić information content (AvgIpc) is 2.56. The van der Waals surface area contributed by atoms with Crippen molar-refractivity contribution in [2.75, 3.05) is 11.9 Å². The van der Waals surface area contributed by atoms with E-state index >= 15 is 0 Å². The molecule has 0 saturated heterocycles. The summed E-state index contributed by atoms with van der Waals surface area (Å²) in [5.74, 6) is -0.177. The Balaban J connectivity index is 2.26. The lowest BCUT2D eigenvalue weighted by Gasteiger charge is -2.21. The highest BCUT2D eigenvalue weighted by molar-refractivity contribution is 6.33. The first-order chi connectivity index (χ1) is 12.2. The van der Waals surface area contributed by atoms with Gasteiger partial charge in [0.15, 0.2) is 0 Å². The first-order valence-corrected chi connectivity index (χ1v) is 8.52. The Kier molecular flexibility index (Phi) is 6.67. The number of carbonyl (C=O) groups is 1. The first kappa shape index (κ1) is 20.3. The second-order valence-corrected chi connectivity index (χ2v) is 6.73. The van der Waals surface area contributed by atoms with Gasteiger partial charge in [-0.15, -0.1) is 0 Å².